The van der Waals surface area contributed by atoms with Crippen LogP contribution in [0.5, 0.6) is 0 Å². The van der Waals surface area contributed by atoms with E-state index in [1.807, 2.05) is 18.2 Å². The molecule has 2 aromatic rings. The SMILES string of the molecule is O=C(CCC(=O)c1ccc(F)cc1)NCCCc1ccccc1. The second-order valence-electron chi connectivity index (χ2n) is 5.37. The maximum Gasteiger partial charge on any atom is 0.220 e. The Morgan fingerprint density at radius 2 is 1.61 bits per heavy atom. The zero-order chi connectivity index (χ0) is 16.5. The predicted octanol–water partition coefficient (Wildman–Crippen LogP) is 3.54. The first-order valence-corrected chi connectivity index (χ1v) is 7.74. The fraction of sp³-hybridized carbons (Fsp3) is 0.263. The van der Waals surface area contributed by atoms with E-state index in [0.717, 1.165) is 12.8 Å². The highest BCUT2D eigenvalue weighted by atomic mass is 19.1. The molecule has 0 aliphatic carbocycles. The lowest BCUT2D eigenvalue weighted by Crippen LogP contribution is -2.25. The summed E-state index contributed by atoms with van der Waals surface area (Å²) >= 11 is 0. The predicted molar refractivity (Wildman–Crippen MR) is 87.7 cm³/mol. The highest BCUT2D eigenvalue weighted by Gasteiger charge is 2.09. The van der Waals surface area contributed by atoms with Crippen LogP contribution >= 0.6 is 0 Å². The minimum Gasteiger partial charge on any atom is -0.356 e. The first-order chi connectivity index (χ1) is 11.1. The van der Waals surface area contributed by atoms with E-state index in [4.69, 9.17) is 0 Å². The van der Waals surface area contributed by atoms with Crippen molar-refractivity contribution in [2.75, 3.05) is 6.54 Å². The molecule has 0 aromatic heterocycles. The van der Waals surface area contributed by atoms with Gasteiger partial charge in [-0.25, -0.2) is 4.39 Å². The van der Waals surface area contributed by atoms with Gasteiger partial charge < -0.3 is 5.32 Å². The summed E-state index contributed by atoms with van der Waals surface area (Å²) in [7, 11) is 0. The summed E-state index contributed by atoms with van der Waals surface area (Å²) in [5.41, 5.74) is 1.68. The summed E-state index contributed by atoms with van der Waals surface area (Å²) in [4.78, 5) is 23.6. The monoisotopic (exact) mass is 313 g/mol. The quantitative estimate of drug-likeness (QED) is 0.598. The lowest BCUT2D eigenvalue weighted by atomic mass is 10.1. The lowest BCUT2D eigenvalue weighted by Gasteiger charge is -2.05. The maximum absolute atomic E-state index is 12.8. The van der Waals surface area contributed by atoms with Crippen LogP contribution in [-0.2, 0) is 11.2 Å². The van der Waals surface area contributed by atoms with Gasteiger partial charge in [0.15, 0.2) is 5.78 Å². The third-order valence-electron chi connectivity index (χ3n) is 3.55. The van der Waals surface area contributed by atoms with Gasteiger partial charge in [-0.2, -0.15) is 0 Å². The third kappa shape index (κ3) is 6.02. The molecule has 4 heteroatoms. The van der Waals surface area contributed by atoms with Crippen LogP contribution in [0.2, 0.25) is 0 Å². The number of aryl methyl sites for hydroxylation is 1. The second kappa shape index (κ2) is 8.83. The molecular weight excluding hydrogens is 293 g/mol. The third-order valence-corrected chi connectivity index (χ3v) is 3.55. The Balaban J connectivity index is 1.63. The van der Waals surface area contributed by atoms with Crippen LogP contribution in [0.3, 0.4) is 0 Å². The van der Waals surface area contributed by atoms with Crippen LogP contribution in [0, 0.1) is 5.82 Å². The molecule has 0 aliphatic heterocycles. The maximum atomic E-state index is 12.8. The van der Waals surface area contributed by atoms with Crippen LogP contribution in [-0.4, -0.2) is 18.2 Å². The Morgan fingerprint density at radius 1 is 0.913 bits per heavy atom. The summed E-state index contributed by atoms with van der Waals surface area (Å²) in [6.45, 7) is 0.596. The van der Waals surface area contributed by atoms with Crippen molar-refractivity contribution in [3.63, 3.8) is 0 Å². The zero-order valence-electron chi connectivity index (χ0n) is 12.9. The van der Waals surface area contributed by atoms with E-state index >= 15 is 0 Å². The van der Waals surface area contributed by atoms with Gasteiger partial charge in [-0.15, -0.1) is 0 Å². The molecule has 0 saturated carbocycles. The van der Waals surface area contributed by atoms with E-state index in [1.54, 1.807) is 0 Å². The molecular formula is C19H20FNO2. The lowest BCUT2D eigenvalue weighted by molar-refractivity contribution is -0.121. The van der Waals surface area contributed by atoms with E-state index in [9.17, 15) is 14.0 Å². The molecule has 0 fully saturated rings. The smallest absolute Gasteiger partial charge is 0.220 e. The van der Waals surface area contributed by atoms with Gasteiger partial charge in [-0.1, -0.05) is 30.3 Å². The second-order valence-corrected chi connectivity index (χ2v) is 5.37. The number of Topliss-reactive ketones (excluding diaryl/α,β-unsaturated/α-hetero) is 1. The van der Waals surface area contributed by atoms with Gasteiger partial charge in [0.2, 0.25) is 5.91 Å². The number of benzene rings is 2. The van der Waals surface area contributed by atoms with Crippen molar-refractivity contribution >= 4 is 11.7 Å². The van der Waals surface area contributed by atoms with Gasteiger partial charge in [0.05, 0.1) is 0 Å². The van der Waals surface area contributed by atoms with Crippen molar-refractivity contribution in [2.45, 2.75) is 25.7 Å². The molecule has 0 heterocycles. The Bertz CT molecular complexity index is 638. The van der Waals surface area contributed by atoms with Crippen molar-refractivity contribution < 1.29 is 14.0 Å². The first kappa shape index (κ1) is 16.9. The number of ketones is 1. The molecule has 0 atom stereocenters. The van der Waals surface area contributed by atoms with Crippen molar-refractivity contribution in [3.8, 4) is 0 Å². The molecule has 2 aromatic carbocycles. The molecule has 120 valence electrons. The molecule has 0 aliphatic rings. The number of hydrogen-bond donors (Lipinski definition) is 1. The van der Waals surface area contributed by atoms with Crippen LogP contribution < -0.4 is 5.32 Å². The van der Waals surface area contributed by atoms with E-state index < -0.39 is 0 Å². The Labute approximate surface area is 135 Å². The normalized spacial score (nSPS) is 10.3. The molecule has 1 N–H and O–H groups in total. The highest BCUT2D eigenvalue weighted by molar-refractivity contribution is 5.97. The average molecular weight is 313 g/mol. The molecule has 1 amide bonds. The summed E-state index contributed by atoms with van der Waals surface area (Å²) in [6, 6.07) is 15.5. The fourth-order valence-corrected chi connectivity index (χ4v) is 2.26. The standard InChI is InChI=1S/C19H20FNO2/c20-17-10-8-16(9-11-17)18(22)12-13-19(23)21-14-4-7-15-5-2-1-3-6-15/h1-3,5-6,8-11H,4,7,12-14H2,(H,21,23). The van der Waals surface area contributed by atoms with Crippen molar-refractivity contribution in [1.29, 1.82) is 0 Å². The fourth-order valence-electron chi connectivity index (χ4n) is 2.26. The van der Waals surface area contributed by atoms with Crippen LogP contribution in [0.4, 0.5) is 4.39 Å². The number of halogens is 1. The molecule has 0 saturated heterocycles. The molecule has 3 nitrogen and oxygen atoms in total. The van der Waals surface area contributed by atoms with Gasteiger partial charge in [-0.05, 0) is 42.7 Å². The Hall–Kier alpha value is -2.49. The zero-order valence-corrected chi connectivity index (χ0v) is 12.9. The summed E-state index contributed by atoms with van der Waals surface area (Å²) in [6.07, 6.45) is 2.06. The topological polar surface area (TPSA) is 46.2 Å². The van der Waals surface area contributed by atoms with E-state index in [2.05, 4.69) is 17.4 Å². The van der Waals surface area contributed by atoms with Gasteiger partial charge in [0.1, 0.15) is 5.82 Å². The number of amides is 1. The van der Waals surface area contributed by atoms with Gasteiger partial charge in [0, 0.05) is 24.9 Å². The molecule has 0 unspecified atom stereocenters. The first-order valence-electron chi connectivity index (χ1n) is 7.74. The minimum atomic E-state index is -0.377. The average Bonchev–Trinajstić information content (AvgIpc) is 2.58. The minimum absolute atomic E-state index is 0.131. The summed E-state index contributed by atoms with van der Waals surface area (Å²) in [5.74, 6) is -0.657. The molecule has 0 bridgehead atoms. The van der Waals surface area contributed by atoms with Crippen LogP contribution in [0.1, 0.15) is 35.2 Å². The number of carbonyl (C=O) groups excluding carboxylic acids is 2. The van der Waals surface area contributed by atoms with E-state index in [1.165, 1.54) is 29.8 Å². The van der Waals surface area contributed by atoms with Crippen molar-refractivity contribution in [2.24, 2.45) is 0 Å². The largest absolute Gasteiger partial charge is 0.356 e. The van der Waals surface area contributed by atoms with Gasteiger partial charge >= 0.3 is 0 Å². The Morgan fingerprint density at radius 3 is 2.30 bits per heavy atom. The molecule has 0 radical (unpaired) electrons. The van der Waals surface area contributed by atoms with Crippen molar-refractivity contribution in [3.05, 3.63) is 71.5 Å². The molecule has 0 spiro atoms. The summed E-state index contributed by atoms with van der Waals surface area (Å²) in [5, 5.41) is 2.82. The van der Waals surface area contributed by atoms with E-state index in [-0.39, 0.29) is 30.3 Å². The van der Waals surface area contributed by atoms with Crippen LogP contribution in [0.15, 0.2) is 54.6 Å². The van der Waals surface area contributed by atoms with E-state index in [0.29, 0.717) is 12.1 Å². The van der Waals surface area contributed by atoms with Crippen molar-refractivity contribution in [1.82, 2.24) is 5.32 Å². The van der Waals surface area contributed by atoms with Crippen LogP contribution in [0.25, 0.3) is 0 Å². The highest BCUT2D eigenvalue weighted by Crippen LogP contribution is 2.07. The van der Waals surface area contributed by atoms with Gasteiger partial charge in [-0.3, -0.25) is 9.59 Å². The summed E-state index contributed by atoms with van der Waals surface area (Å²) < 4.78 is 12.8. The Kier molecular flexibility index (Phi) is 6.48. The number of rotatable bonds is 8. The molecule has 23 heavy (non-hydrogen) atoms. The number of carbonyl (C=O) groups is 2. The number of hydrogen-bond acceptors (Lipinski definition) is 2. The number of nitrogens with one attached hydrogen (secondary N) is 1. The van der Waals surface area contributed by atoms with Gasteiger partial charge in [0.25, 0.3) is 0 Å². The molecule has 2 rings (SSSR count).